The van der Waals surface area contributed by atoms with Crippen LogP contribution in [0, 0.1) is 13.8 Å². The van der Waals surface area contributed by atoms with Gasteiger partial charge in [-0.1, -0.05) is 24.3 Å². The zero-order chi connectivity index (χ0) is 19.2. The number of anilines is 1. The normalized spacial score (nSPS) is 13.5. The second kappa shape index (κ2) is 8.71. The van der Waals surface area contributed by atoms with E-state index in [2.05, 4.69) is 16.7 Å². The lowest BCUT2D eigenvalue weighted by atomic mass is 10.1. The lowest BCUT2D eigenvalue weighted by Crippen LogP contribution is -2.29. The highest BCUT2D eigenvalue weighted by Gasteiger charge is 2.19. The third kappa shape index (κ3) is 5.09. The van der Waals surface area contributed by atoms with Crippen molar-refractivity contribution in [1.29, 1.82) is 0 Å². The average molecular weight is 365 g/mol. The van der Waals surface area contributed by atoms with E-state index in [1.807, 2.05) is 55.1 Å². The lowest BCUT2D eigenvalue weighted by molar-refractivity contribution is -0.119. The molecule has 0 aromatic heterocycles. The zero-order valence-corrected chi connectivity index (χ0v) is 16.0. The van der Waals surface area contributed by atoms with Crippen LogP contribution in [0.25, 0.3) is 0 Å². The Kier molecular flexibility index (Phi) is 6.12. The Morgan fingerprint density at radius 2 is 1.70 bits per heavy atom. The molecule has 2 aromatic rings. The van der Waals surface area contributed by atoms with Gasteiger partial charge in [-0.25, -0.2) is 0 Å². The molecule has 2 aromatic carbocycles. The van der Waals surface area contributed by atoms with Crippen molar-refractivity contribution in [2.24, 2.45) is 0 Å². The van der Waals surface area contributed by atoms with E-state index in [1.165, 1.54) is 0 Å². The summed E-state index contributed by atoms with van der Waals surface area (Å²) in [6.45, 7) is 6.43. The Morgan fingerprint density at radius 1 is 1.00 bits per heavy atom. The summed E-state index contributed by atoms with van der Waals surface area (Å²) < 4.78 is 0. The van der Waals surface area contributed by atoms with E-state index in [1.54, 1.807) is 0 Å². The molecule has 5 nitrogen and oxygen atoms in total. The Balaban J connectivity index is 1.47. The van der Waals surface area contributed by atoms with Crippen LogP contribution >= 0.6 is 0 Å². The van der Waals surface area contributed by atoms with Gasteiger partial charge in [0.15, 0.2) is 0 Å². The summed E-state index contributed by atoms with van der Waals surface area (Å²) >= 11 is 0. The molecule has 27 heavy (non-hydrogen) atoms. The summed E-state index contributed by atoms with van der Waals surface area (Å²) in [6, 6.07) is 13.6. The van der Waals surface area contributed by atoms with Gasteiger partial charge in [-0.05, 0) is 61.6 Å². The Hall–Kier alpha value is -2.82. The van der Waals surface area contributed by atoms with E-state index in [0.717, 1.165) is 48.3 Å². The molecule has 1 fully saturated rings. The van der Waals surface area contributed by atoms with Gasteiger partial charge in [0, 0.05) is 30.9 Å². The van der Waals surface area contributed by atoms with E-state index in [-0.39, 0.29) is 18.4 Å². The first-order valence-electron chi connectivity index (χ1n) is 9.49. The van der Waals surface area contributed by atoms with Crippen LogP contribution in [0.1, 0.15) is 39.9 Å². The van der Waals surface area contributed by atoms with Gasteiger partial charge in [-0.15, -0.1) is 0 Å². The molecule has 1 aliphatic rings. The fourth-order valence-corrected chi connectivity index (χ4v) is 3.23. The summed E-state index contributed by atoms with van der Waals surface area (Å²) in [6.07, 6.45) is 2.18. The highest BCUT2D eigenvalue weighted by Crippen LogP contribution is 2.16. The molecule has 142 valence electrons. The predicted octanol–water partition coefficient (Wildman–Crippen LogP) is 3.27. The predicted molar refractivity (Wildman–Crippen MR) is 108 cm³/mol. The third-order valence-electron chi connectivity index (χ3n) is 4.92. The van der Waals surface area contributed by atoms with Crippen molar-refractivity contribution in [2.45, 2.75) is 33.2 Å². The van der Waals surface area contributed by atoms with Crippen LogP contribution in [0.2, 0.25) is 0 Å². The Morgan fingerprint density at radius 3 is 2.41 bits per heavy atom. The van der Waals surface area contributed by atoms with Crippen molar-refractivity contribution >= 4 is 17.5 Å². The van der Waals surface area contributed by atoms with Crippen LogP contribution in [0.4, 0.5) is 5.69 Å². The van der Waals surface area contributed by atoms with Crippen molar-refractivity contribution in [3.63, 3.8) is 0 Å². The first-order valence-corrected chi connectivity index (χ1v) is 9.49. The van der Waals surface area contributed by atoms with Crippen molar-refractivity contribution in [1.82, 2.24) is 10.2 Å². The lowest BCUT2D eigenvalue weighted by Gasteiger charge is -2.15. The molecule has 1 saturated heterocycles. The number of rotatable bonds is 6. The summed E-state index contributed by atoms with van der Waals surface area (Å²) in [5, 5.41) is 6.09. The second-order valence-corrected chi connectivity index (χ2v) is 7.14. The monoisotopic (exact) mass is 365 g/mol. The fourth-order valence-electron chi connectivity index (χ4n) is 3.23. The molecule has 3 rings (SSSR count). The van der Waals surface area contributed by atoms with E-state index in [4.69, 9.17) is 0 Å². The summed E-state index contributed by atoms with van der Waals surface area (Å²) in [4.78, 5) is 26.3. The van der Waals surface area contributed by atoms with Crippen molar-refractivity contribution in [3.8, 4) is 0 Å². The minimum absolute atomic E-state index is 0.0619. The van der Waals surface area contributed by atoms with Crippen LogP contribution in [0.3, 0.4) is 0 Å². The van der Waals surface area contributed by atoms with Gasteiger partial charge >= 0.3 is 0 Å². The smallest absolute Gasteiger partial charge is 0.253 e. The van der Waals surface area contributed by atoms with Gasteiger partial charge in [0.1, 0.15) is 0 Å². The number of aryl methyl sites for hydroxylation is 2. The molecule has 0 atom stereocenters. The van der Waals surface area contributed by atoms with Gasteiger partial charge in [-0.2, -0.15) is 0 Å². The first-order chi connectivity index (χ1) is 13.0. The largest absolute Gasteiger partial charge is 0.376 e. The highest BCUT2D eigenvalue weighted by molar-refractivity contribution is 5.94. The van der Waals surface area contributed by atoms with E-state index in [9.17, 15) is 9.59 Å². The topological polar surface area (TPSA) is 61.4 Å². The van der Waals surface area contributed by atoms with Crippen LogP contribution in [0.5, 0.6) is 0 Å². The standard InChI is InChI=1S/C22H27N3O2/c1-16-5-6-17(2)20(13-16)23-15-21(26)24-14-18-7-9-19(10-8-18)22(27)25-11-3-4-12-25/h5-10,13,23H,3-4,11-12,14-15H2,1-2H3,(H,24,26). The fraction of sp³-hybridized carbons (Fsp3) is 0.364. The number of hydrogen-bond acceptors (Lipinski definition) is 3. The summed E-state index contributed by atoms with van der Waals surface area (Å²) in [7, 11) is 0. The number of benzene rings is 2. The third-order valence-corrected chi connectivity index (χ3v) is 4.92. The summed E-state index contributed by atoms with van der Waals surface area (Å²) in [5.74, 6) is 0.0361. The average Bonchev–Trinajstić information content (AvgIpc) is 3.21. The van der Waals surface area contributed by atoms with Gasteiger partial charge in [0.05, 0.1) is 6.54 Å². The molecule has 0 bridgehead atoms. The molecule has 2 N–H and O–H groups in total. The molecular weight excluding hydrogens is 338 g/mol. The molecule has 5 heteroatoms. The zero-order valence-electron chi connectivity index (χ0n) is 16.0. The molecule has 0 aliphatic carbocycles. The minimum atomic E-state index is -0.0619. The molecule has 1 aliphatic heterocycles. The number of nitrogens with zero attached hydrogens (tertiary/aromatic N) is 1. The minimum Gasteiger partial charge on any atom is -0.376 e. The van der Waals surface area contributed by atoms with E-state index in [0.29, 0.717) is 12.1 Å². The van der Waals surface area contributed by atoms with Crippen LogP contribution in [0.15, 0.2) is 42.5 Å². The SMILES string of the molecule is Cc1ccc(C)c(NCC(=O)NCc2ccc(C(=O)N3CCCC3)cc2)c1. The Bertz CT molecular complexity index is 809. The quantitative estimate of drug-likeness (QED) is 0.826. The van der Waals surface area contributed by atoms with Crippen molar-refractivity contribution in [3.05, 3.63) is 64.7 Å². The molecule has 1 heterocycles. The molecule has 0 spiro atoms. The highest BCUT2D eigenvalue weighted by atomic mass is 16.2. The van der Waals surface area contributed by atoms with Gasteiger partial charge in [-0.3, -0.25) is 9.59 Å². The van der Waals surface area contributed by atoms with E-state index < -0.39 is 0 Å². The van der Waals surface area contributed by atoms with Crippen LogP contribution in [-0.4, -0.2) is 36.3 Å². The number of hydrogen-bond donors (Lipinski definition) is 2. The molecular formula is C22H27N3O2. The van der Waals surface area contributed by atoms with Crippen LogP contribution in [-0.2, 0) is 11.3 Å². The number of amides is 2. The van der Waals surface area contributed by atoms with Gasteiger partial charge < -0.3 is 15.5 Å². The molecule has 0 saturated carbocycles. The van der Waals surface area contributed by atoms with Crippen molar-refractivity contribution in [2.75, 3.05) is 25.0 Å². The second-order valence-electron chi connectivity index (χ2n) is 7.14. The van der Waals surface area contributed by atoms with Crippen molar-refractivity contribution < 1.29 is 9.59 Å². The van der Waals surface area contributed by atoms with E-state index >= 15 is 0 Å². The molecule has 0 unspecified atom stereocenters. The number of nitrogens with one attached hydrogen (secondary N) is 2. The number of carbonyl (C=O) groups is 2. The first kappa shape index (κ1) is 19.0. The maximum atomic E-state index is 12.3. The summed E-state index contributed by atoms with van der Waals surface area (Å²) in [5.41, 5.74) is 4.95. The molecule has 0 radical (unpaired) electrons. The molecule has 2 amide bonds. The Labute approximate surface area is 160 Å². The number of carbonyl (C=O) groups excluding carboxylic acids is 2. The van der Waals surface area contributed by atoms with Crippen LogP contribution < -0.4 is 10.6 Å². The maximum Gasteiger partial charge on any atom is 0.253 e. The maximum absolute atomic E-state index is 12.3. The van der Waals surface area contributed by atoms with Gasteiger partial charge in [0.25, 0.3) is 5.91 Å². The number of likely N-dealkylation sites (tertiary alicyclic amines) is 1. The van der Waals surface area contributed by atoms with Gasteiger partial charge in [0.2, 0.25) is 5.91 Å².